The molecule has 0 spiro atoms. The third-order valence-electron chi connectivity index (χ3n) is 4.35. The summed E-state index contributed by atoms with van der Waals surface area (Å²) in [5.41, 5.74) is 2.11. The fourth-order valence-corrected chi connectivity index (χ4v) is 3.05. The highest BCUT2D eigenvalue weighted by Gasteiger charge is 2.19. The van der Waals surface area contributed by atoms with Crippen molar-refractivity contribution in [1.82, 2.24) is 19.8 Å². The minimum atomic E-state index is 0.813. The molecule has 6 nitrogen and oxygen atoms in total. The zero-order valence-corrected chi connectivity index (χ0v) is 13.3. The number of hydrogen-bond acceptors (Lipinski definition) is 5. The lowest BCUT2D eigenvalue weighted by atomic mass is 10.2. The molecule has 1 saturated heterocycles. The Morgan fingerprint density at radius 3 is 2.35 bits per heavy atom. The van der Waals surface area contributed by atoms with Gasteiger partial charge in [0.25, 0.3) is 0 Å². The van der Waals surface area contributed by atoms with Crippen LogP contribution in [0.5, 0.6) is 0 Å². The quantitative estimate of drug-likeness (QED) is 0.741. The average molecular weight is 308 g/mol. The average Bonchev–Trinajstić information content (AvgIpc) is 3.05. The second kappa shape index (κ2) is 5.87. The summed E-state index contributed by atoms with van der Waals surface area (Å²) in [6.07, 6.45) is 0.833. The maximum Gasteiger partial charge on any atom is 0.178 e. The van der Waals surface area contributed by atoms with Crippen LogP contribution in [0.3, 0.4) is 0 Å². The summed E-state index contributed by atoms with van der Waals surface area (Å²) < 4.78 is 1.86. The van der Waals surface area contributed by atoms with Gasteiger partial charge in [-0.05, 0) is 24.3 Å². The van der Waals surface area contributed by atoms with Gasteiger partial charge in [-0.3, -0.25) is 0 Å². The molecule has 0 bridgehead atoms. The lowest BCUT2D eigenvalue weighted by molar-refractivity contribution is 0.640. The first-order valence-corrected chi connectivity index (χ1v) is 8.11. The largest absolute Gasteiger partial charge is 0.368 e. The van der Waals surface area contributed by atoms with Crippen LogP contribution >= 0.6 is 0 Å². The van der Waals surface area contributed by atoms with Crippen LogP contribution in [-0.2, 0) is 6.42 Å². The highest BCUT2D eigenvalue weighted by molar-refractivity contribution is 5.50. The molecule has 1 aromatic carbocycles. The van der Waals surface area contributed by atoms with Crippen molar-refractivity contribution in [2.45, 2.75) is 13.3 Å². The third-order valence-corrected chi connectivity index (χ3v) is 4.35. The number of nitrogens with zero attached hydrogens (tertiary/aromatic N) is 6. The molecule has 1 aliphatic rings. The zero-order chi connectivity index (χ0) is 15.6. The molecule has 3 heterocycles. The van der Waals surface area contributed by atoms with Crippen molar-refractivity contribution in [3.63, 3.8) is 0 Å². The molecule has 118 valence electrons. The van der Waals surface area contributed by atoms with Crippen molar-refractivity contribution < 1.29 is 0 Å². The van der Waals surface area contributed by atoms with Gasteiger partial charge in [0.2, 0.25) is 0 Å². The van der Waals surface area contributed by atoms with Gasteiger partial charge < -0.3 is 9.80 Å². The Morgan fingerprint density at radius 1 is 0.870 bits per heavy atom. The Balaban J connectivity index is 1.52. The number of para-hydroxylation sites is 1. The van der Waals surface area contributed by atoms with Gasteiger partial charge in [-0.25, -0.2) is 0 Å². The number of fused-ring (bicyclic) bond motifs is 1. The van der Waals surface area contributed by atoms with Crippen molar-refractivity contribution in [2.24, 2.45) is 0 Å². The molecule has 0 N–H and O–H groups in total. The van der Waals surface area contributed by atoms with E-state index in [0.29, 0.717) is 0 Å². The van der Waals surface area contributed by atoms with Crippen LogP contribution in [0.1, 0.15) is 12.7 Å². The predicted octanol–water partition coefficient (Wildman–Crippen LogP) is 2.01. The fraction of sp³-hybridized carbons (Fsp3) is 0.353. The molecule has 0 atom stereocenters. The maximum absolute atomic E-state index is 4.73. The molecule has 1 fully saturated rings. The van der Waals surface area contributed by atoms with Gasteiger partial charge in [-0.2, -0.15) is 4.52 Å². The molecule has 6 heteroatoms. The first-order valence-electron chi connectivity index (χ1n) is 8.11. The molecule has 4 rings (SSSR count). The van der Waals surface area contributed by atoms with Crippen LogP contribution in [-0.4, -0.2) is 46.0 Å². The SMILES string of the molecule is CCc1nnc2ccc(N3CCN(c4ccccc4)CC3)nn12. The lowest BCUT2D eigenvalue weighted by Crippen LogP contribution is -2.47. The molecule has 0 amide bonds. The summed E-state index contributed by atoms with van der Waals surface area (Å²) in [7, 11) is 0. The Kier molecular flexibility index (Phi) is 3.57. The van der Waals surface area contributed by atoms with Crippen molar-refractivity contribution >= 4 is 17.2 Å². The Hall–Kier alpha value is -2.63. The Bertz CT molecular complexity index is 789. The van der Waals surface area contributed by atoms with Gasteiger partial charge in [0.1, 0.15) is 5.82 Å². The topological polar surface area (TPSA) is 49.6 Å². The maximum atomic E-state index is 4.73. The molecule has 0 aliphatic carbocycles. The van der Waals surface area contributed by atoms with Crippen molar-refractivity contribution in [3.05, 3.63) is 48.3 Å². The molecule has 2 aromatic heterocycles. The van der Waals surface area contributed by atoms with Crippen LogP contribution in [0.15, 0.2) is 42.5 Å². The van der Waals surface area contributed by atoms with Gasteiger partial charge in [0.05, 0.1) is 0 Å². The summed E-state index contributed by atoms with van der Waals surface area (Å²) in [4.78, 5) is 4.75. The van der Waals surface area contributed by atoms with Crippen LogP contribution in [0.2, 0.25) is 0 Å². The number of aromatic nitrogens is 4. The highest BCUT2D eigenvalue weighted by Crippen LogP contribution is 2.19. The van der Waals surface area contributed by atoms with Gasteiger partial charge in [0.15, 0.2) is 11.5 Å². The number of piperazine rings is 1. The lowest BCUT2D eigenvalue weighted by Gasteiger charge is -2.36. The molecular weight excluding hydrogens is 288 g/mol. The predicted molar refractivity (Wildman–Crippen MR) is 91.0 cm³/mol. The smallest absolute Gasteiger partial charge is 0.178 e. The zero-order valence-electron chi connectivity index (χ0n) is 13.3. The van der Waals surface area contributed by atoms with E-state index < -0.39 is 0 Å². The molecule has 3 aromatic rings. The monoisotopic (exact) mass is 308 g/mol. The summed E-state index contributed by atoms with van der Waals surface area (Å²) in [5, 5.41) is 13.1. The van der Waals surface area contributed by atoms with E-state index in [-0.39, 0.29) is 0 Å². The minimum Gasteiger partial charge on any atom is -0.368 e. The van der Waals surface area contributed by atoms with E-state index in [2.05, 4.69) is 57.3 Å². The molecule has 23 heavy (non-hydrogen) atoms. The van der Waals surface area contributed by atoms with Gasteiger partial charge in [0, 0.05) is 38.3 Å². The first kappa shape index (κ1) is 14.0. The minimum absolute atomic E-state index is 0.813. The summed E-state index contributed by atoms with van der Waals surface area (Å²) in [5.74, 6) is 1.91. The standard InChI is InChI=1S/C17H20N6/c1-2-15-18-19-16-8-9-17(20-23(15)16)22-12-10-21(11-13-22)14-6-4-3-5-7-14/h3-9H,2,10-13H2,1H3. The van der Waals surface area contributed by atoms with E-state index >= 15 is 0 Å². The third kappa shape index (κ3) is 2.60. The van der Waals surface area contributed by atoms with Crippen LogP contribution in [0.25, 0.3) is 5.65 Å². The normalized spacial score (nSPS) is 15.3. The molecular formula is C17H20N6. The van der Waals surface area contributed by atoms with Crippen molar-refractivity contribution in [2.75, 3.05) is 36.0 Å². The van der Waals surface area contributed by atoms with E-state index in [4.69, 9.17) is 5.10 Å². The summed E-state index contributed by atoms with van der Waals surface area (Å²) in [6.45, 7) is 6.02. The van der Waals surface area contributed by atoms with E-state index in [0.717, 1.165) is 49.9 Å². The van der Waals surface area contributed by atoms with E-state index in [9.17, 15) is 0 Å². The number of anilines is 2. The van der Waals surface area contributed by atoms with Crippen LogP contribution < -0.4 is 9.80 Å². The molecule has 0 radical (unpaired) electrons. The number of aryl methyl sites for hydroxylation is 1. The number of rotatable bonds is 3. The van der Waals surface area contributed by atoms with Gasteiger partial charge in [-0.15, -0.1) is 15.3 Å². The Morgan fingerprint density at radius 2 is 1.61 bits per heavy atom. The Labute approximate surface area is 135 Å². The summed E-state index contributed by atoms with van der Waals surface area (Å²) >= 11 is 0. The van der Waals surface area contributed by atoms with Crippen molar-refractivity contribution in [3.8, 4) is 0 Å². The van der Waals surface area contributed by atoms with Gasteiger partial charge in [-0.1, -0.05) is 25.1 Å². The second-order valence-electron chi connectivity index (χ2n) is 5.74. The first-order chi connectivity index (χ1) is 11.3. The van der Waals surface area contributed by atoms with Crippen molar-refractivity contribution in [1.29, 1.82) is 0 Å². The van der Waals surface area contributed by atoms with E-state index in [1.54, 1.807) is 0 Å². The summed E-state index contributed by atoms with van der Waals surface area (Å²) in [6, 6.07) is 14.6. The second-order valence-corrected chi connectivity index (χ2v) is 5.74. The molecule has 0 saturated carbocycles. The van der Waals surface area contributed by atoms with Crippen LogP contribution in [0, 0.1) is 0 Å². The van der Waals surface area contributed by atoms with E-state index in [1.807, 2.05) is 16.6 Å². The highest BCUT2D eigenvalue weighted by atomic mass is 15.4. The van der Waals surface area contributed by atoms with E-state index in [1.165, 1.54) is 5.69 Å². The van der Waals surface area contributed by atoms with Crippen LogP contribution in [0.4, 0.5) is 11.5 Å². The molecule has 0 unspecified atom stereocenters. The molecule has 1 aliphatic heterocycles. The van der Waals surface area contributed by atoms with Gasteiger partial charge >= 0.3 is 0 Å². The number of benzene rings is 1. The number of hydrogen-bond donors (Lipinski definition) is 0. The fourth-order valence-electron chi connectivity index (χ4n) is 3.05.